The molecule has 3 nitrogen and oxygen atoms in total. The molecule has 0 saturated carbocycles. The molecule has 1 unspecified atom stereocenters. The highest BCUT2D eigenvalue weighted by atomic mass is 35.5. The molecule has 3 N–H and O–H groups in total. The predicted octanol–water partition coefficient (Wildman–Crippen LogP) is 3.18. The summed E-state index contributed by atoms with van der Waals surface area (Å²) in [6.45, 7) is 0.533. The van der Waals surface area contributed by atoms with Gasteiger partial charge in [0.05, 0.1) is 6.04 Å². The van der Waals surface area contributed by atoms with Crippen LogP contribution in [0, 0.1) is 0 Å². The van der Waals surface area contributed by atoms with Gasteiger partial charge in [-0.15, -0.1) is 0 Å². The maximum atomic E-state index is 5.83. The van der Waals surface area contributed by atoms with E-state index in [0.29, 0.717) is 11.6 Å². The Morgan fingerprint density at radius 1 is 1.05 bits per heavy atom. The summed E-state index contributed by atoms with van der Waals surface area (Å²) in [5.41, 5.74) is 4.11. The lowest BCUT2D eigenvalue weighted by Gasteiger charge is -2.16. The second-order valence-electron chi connectivity index (χ2n) is 4.65. The maximum Gasteiger partial charge on any atom is 0.119 e. The SMILES string of the molecule is NNC(CCc1ccccc1)COc1ccc(Cl)cc1. The van der Waals surface area contributed by atoms with Gasteiger partial charge < -0.3 is 4.74 Å². The van der Waals surface area contributed by atoms with Crippen LogP contribution in [-0.4, -0.2) is 12.6 Å². The fraction of sp³-hybridized carbons (Fsp3) is 0.250. The molecule has 2 aromatic rings. The molecule has 2 aromatic carbocycles. The highest BCUT2D eigenvalue weighted by molar-refractivity contribution is 6.30. The quantitative estimate of drug-likeness (QED) is 0.608. The van der Waals surface area contributed by atoms with Crippen molar-refractivity contribution in [1.82, 2.24) is 5.43 Å². The van der Waals surface area contributed by atoms with Crippen molar-refractivity contribution in [2.75, 3.05) is 6.61 Å². The van der Waals surface area contributed by atoms with Crippen LogP contribution in [-0.2, 0) is 6.42 Å². The molecule has 0 radical (unpaired) electrons. The van der Waals surface area contributed by atoms with Crippen LogP contribution in [0.15, 0.2) is 54.6 Å². The van der Waals surface area contributed by atoms with Gasteiger partial charge in [0.25, 0.3) is 0 Å². The lowest BCUT2D eigenvalue weighted by Crippen LogP contribution is -2.39. The number of hydrogen-bond acceptors (Lipinski definition) is 3. The van der Waals surface area contributed by atoms with Gasteiger partial charge in [0.1, 0.15) is 12.4 Å². The number of ether oxygens (including phenoxy) is 1. The zero-order valence-corrected chi connectivity index (χ0v) is 12.0. The van der Waals surface area contributed by atoms with Crippen LogP contribution < -0.4 is 16.0 Å². The van der Waals surface area contributed by atoms with Crippen LogP contribution in [0.1, 0.15) is 12.0 Å². The van der Waals surface area contributed by atoms with E-state index in [2.05, 4.69) is 17.6 Å². The number of hydrogen-bond donors (Lipinski definition) is 2. The third kappa shape index (κ3) is 4.85. The van der Waals surface area contributed by atoms with Crippen molar-refractivity contribution in [2.45, 2.75) is 18.9 Å². The summed E-state index contributed by atoms with van der Waals surface area (Å²) in [5, 5.41) is 0.704. The number of nitrogens with one attached hydrogen (secondary N) is 1. The predicted molar refractivity (Wildman–Crippen MR) is 82.8 cm³/mol. The fourth-order valence-electron chi connectivity index (χ4n) is 1.93. The first-order valence-corrected chi connectivity index (χ1v) is 7.04. The zero-order valence-electron chi connectivity index (χ0n) is 11.3. The van der Waals surface area contributed by atoms with Gasteiger partial charge in [0.15, 0.2) is 0 Å². The van der Waals surface area contributed by atoms with Gasteiger partial charge in [-0.1, -0.05) is 41.9 Å². The average molecular weight is 291 g/mol. The van der Waals surface area contributed by atoms with Crippen molar-refractivity contribution in [3.05, 3.63) is 65.2 Å². The minimum Gasteiger partial charge on any atom is -0.492 e. The van der Waals surface area contributed by atoms with Crippen LogP contribution in [0.5, 0.6) is 5.75 Å². The molecule has 2 rings (SSSR count). The number of halogens is 1. The van der Waals surface area contributed by atoms with E-state index in [-0.39, 0.29) is 6.04 Å². The molecule has 0 spiro atoms. The van der Waals surface area contributed by atoms with Crippen LogP contribution in [0.2, 0.25) is 5.02 Å². The second-order valence-corrected chi connectivity index (χ2v) is 5.09. The van der Waals surface area contributed by atoms with E-state index in [1.807, 2.05) is 42.5 Å². The Hall–Kier alpha value is -1.55. The Morgan fingerprint density at radius 2 is 1.75 bits per heavy atom. The molecule has 0 aromatic heterocycles. The molecule has 1 atom stereocenters. The lowest BCUT2D eigenvalue weighted by atomic mass is 10.1. The molecule has 0 aliphatic rings. The number of aryl methyl sites for hydroxylation is 1. The molecule has 106 valence electrons. The van der Waals surface area contributed by atoms with Gasteiger partial charge >= 0.3 is 0 Å². The Labute approximate surface area is 124 Å². The average Bonchev–Trinajstić information content (AvgIpc) is 2.50. The van der Waals surface area contributed by atoms with E-state index < -0.39 is 0 Å². The van der Waals surface area contributed by atoms with Crippen molar-refractivity contribution in [3.63, 3.8) is 0 Å². The highest BCUT2D eigenvalue weighted by Crippen LogP contribution is 2.16. The summed E-state index contributed by atoms with van der Waals surface area (Å²) in [7, 11) is 0. The molecule has 4 heteroatoms. The minimum atomic E-state index is 0.117. The third-order valence-electron chi connectivity index (χ3n) is 3.12. The second kappa shape index (κ2) is 7.90. The molecule has 0 aliphatic heterocycles. The number of rotatable bonds is 7. The van der Waals surface area contributed by atoms with Crippen LogP contribution >= 0.6 is 11.6 Å². The highest BCUT2D eigenvalue weighted by Gasteiger charge is 2.08. The first kappa shape index (κ1) is 14.9. The summed E-state index contributed by atoms with van der Waals surface area (Å²) in [6, 6.07) is 17.8. The molecule has 0 heterocycles. The number of hydrazine groups is 1. The molecular formula is C16H19ClN2O. The number of benzene rings is 2. The van der Waals surface area contributed by atoms with Gasteiger partial charge in [0, 0.05) is 5.02 Å². The fourth-order valence-corrected chi connectivity index (χ4v) is 2.05. The Morgan fingerprint density at radius 3 is 2.40 bits per heavy atom. The summed E-state index contributed by atoms with van der Waals surface area (Å²) in [5.74, 6) is 6.37. The molecule has 0 fully saturated rings. The van der Waals surface area contributed by atoms with Crippen molar-refractivity contribution < 1.29 is 4.74 Å². The normalized spacial score (nSPS) is 12.1. The zero-order chi connectivity index (χ0) is 14.2. The smallest absolute Gasteiger partial charge is 0.119 e. The topological polar surface area (TPSA) is 47.3 Å². The third-order valence-corrected chi connectivity index (χ3v) is 3.38. The van der Waals surface area contributed by atoms with Crippen molar-refractivity contribution in [2.24, 2.45) is 5.84 Å². The molecular weight excluding hydrogens is 272 g/mol. The van der Waals surface area contributed by atoms with Gasteiger partial charge in [-0.05, 0) is 42.7 Å². The van der Waals surface area contributed by atoms with E-state index in [4.69, 9.17) is 22.2 Å². The van der Waals surface area contributed by atoms with Crippen LogP contribution in [0.25, 0.3) is 0 Å². The van der Waals surface area contributed by atoms with Crippen LogP contribution in [0.4, 0.5) is 0 Å². The van der Waals surface area contributed by atoms with Gasteiger partial charge in [-0.2, -0.15) is 0 Å². The van der Waals surface area contributed by atoms with Gasteiger partial charge in [-0.25, -0.2) is 0 Å². The maximum absolute atomic E-state index is 5.83. The molecule has 20 heavy (non-hydrogen) atoms. The monoisotopic (exact) mass is 290 g/mol. The molecule has 0 amide bonds. The van der Waals surface area contributed by atoms with E-state index in [9.17, 15) is 0 Å². The largest absolute Gasteiger partial charge is 0.492 e. The van der Waals surface area contributed by atoms with E-state index >= 15 is 0 Å². The number of nitrogens with two attached hydrogens (primary N) is 1. The van der Waals surface area contributed by atoms with Crippen molar-refractivity contribution in [1.29, 1.82) is 0 Å². The molecule has 0 saturated heterocycles. The van der Waals surface area contributed by atoms with E-state index in [1.54, 1.807) is 0 Å². The first-order valence-electron chi connectivity index (χ1n) is 6.66. The minimum absolute atomic E-state index is 0.117. The van der Waals surface area contributed by atoms with Crippen LogP contribution in [0.3, 0.4) is 0 Å². The van der Waals surface area contributed by atoms with Gasteiger partial charge in [-0.3, -0.25) is 11.3 Å². The lowest BCUT2D eigenvalue weighted by molar-refractivity contribution is 0.258. The standard InChI is InChI=1S/C16H19ClN2O/c17-14-7-10-16(11-8-14)20-12-15(19-18)9-6-13-4-2-1-3-5-13/h1-5,7-8,10-11,15,19H,6,9,12,18H2. The van der Waals surface area contributed by atoms with E-state index in [1.165, 1.54) is 5.56 Å². The summed E-state index contributed by atoms with van der Waals surface area (Å²) < 4.78 is 5.70. The van der Waals surface area contributed by atoms with E-state index in [0.717, 1.165) is 18.6 Å². The summed E-state index contributed by atoms with van der Waals surface area (Å²) >= 11 is 5.83. The summed E-state index contributed by atoms with van der Waals surface area (Å²) in [6.07, 6.45) is 1.90. The molecule has 0 aliphatic carbocycles. The molecule has 0 bridgehead atoms. The van der Waals surface area contributed by atoms with Gasteiger partial charge in [0.2, 0.25) is 0 Å². The Kier molecular flexibility index (Phi) is 5.87. The Bertz CT molecular complexity index is 502. The first-order chi connectivity index (χ1) is 9.78. The van der Waals surface area contributed by atoms with Crippen molar-refractivity contribution in [3.8, 4) is 5.75 Å². The summed E-state index contributed by atoms with van der Waals surface area (Å²) in [4.78, 5) is 0. The Balaban J connectivity index is 1.79. The van der Waals surface area contributed by atoms with Crippen molar-refractivity contribution >= 4 is 11.6 Å².